The number of nitrogens with one attached hydrogen (secondary N) is 1. The van der Waals surface area contributed by atoms with Crippen molar-refractivity contribution in [1.29, 1.82) is 0 Å². The van der Waals surface area contributed by atoms with E-state index in [9.17, 15) is 9.59 Å². The number of aryl methyl sites for hydroxylation is 1. The number of halogens is 1. The van der Waals surface area contributed by atoms with Crippen LogP contribution in [0, 0.1) is 6.92 Å². The van der Waals surface area contributed by atoms with Crippen LogP contribution in [0.3, 0.4) is 0 Å². The lowest BCUT2D eigenvalue weighted by atomic mass is 10.2. The molecule has 0 unspecified atom stereocenters. The van der Waals surface area contributed by atoms with Crippen LogP contribution < -0.4 is 14.8 Å². The highest BCUT2D eigenvalue weighted by atomic mass is 35.5. The highest BCUT2D eigenvalue weighted by Gasteiger charge is 2.16. The van der Waals surface area contributed by atoms with Gasteiger partial charge >= 0.3 is 5.97 Å². The number of benzene rings is 2. The number of para-hydroxylation sites is 1. The maximum absolute atomic E-state index is 12.1. The van der Waals surface area contributed by atoms with Gasteiger partial charge in [-0.3, -0.25) is 4.79 Å². The molecular weight excluding hydrogens is 410 g/mol. The fraction of sp³-hybridized carbons (Fsp3) is 0.182. The molecule has 0 atom stereocenters. The van der Waals surface area contributed by atoms with Gasteiger partial charge in [-0.2, -0.15) is 0 Å². The second-order valence-electron chi connectivity index (χ2n) is 6.29. The molecule has 1 amide bonds. The molecule has 30 heavy (non-hydrogen) atoms. The highest BCUT2D eigenvalue weighted by Crippen LogP contribution is 2.30. The molecule has 7 nitrogen and oxygen atoms in total. The quantitative estimate of drug-likeness (QED) is 0.525. The van der Waals surface area contributed by atoms with Gasteiger partial charge in [0.15, 0.2) is 6.61 Å². The van der Waals surface area contributed by atoms with E-state index in [1.165, 1.54) is 13.2 Å². The van der Waals surface area contributed by atoms with Crippen LogP contribution in [0.5, 0.6) is 11.5 Å². The minimum absolute atomic E-state index is 0.0191. The highest BCUT2D eigenvalue weighted by molar-refractivity contribution is 6.31. The third-order valence-electron chi connectivity index (χ3n) is 4.08. The smallest absolute Gasteiger partial charge is 0.374 e. The predicted octanol–water partition coefficient (Wildman–Crippen LogP) is 4.62. The molecular formula is C22H20ClNO6. The van der Waals surface area contributed by atoms with Gasteiger partial charge in [-0.15, -0.1) is 0 Å². The Hall–Kier alpha value is -3.45. The predicted molar refractivity (Wildman–Crippen MR) is 111 cm³/mol. The average molecular weight is 430 g/mol. The molecule has 0 aliphatic rings. The molecule has 1 N–H and O–H groups in total. The molecule has 0 saturated carbocycles. The third kappa shape index (κ3) is 5.55. The Morgan fingerprint density at radius 2 is 1.87 bits per heavy atom. The zero-order valence-electron chi connectivity index (χ0n) is 16.4. The summed E-state index contributed by atoms with van der Waals surface area (Å²) in [5.74, 6) is 0.242. The monoisotopic (exact) mass is 429 g/mol. The zero-order chi connectivity index (χ0) is 21.5. The van der Waals surface area contributed by atoms with Gasteiger partial charge in [0.1, 0.15) is 23.9 Å². The fourth-order valence-electron chi connectivity index (χ4n) is 2.55. The van der Waals surface area contributed by atoms with Crippen LogP contribution in [0.2, 0.25) is 5.02 Å². The van der Waals surface area contributed by atoms with E-state index in [2.05, 4.69) is 5.32 Å². The van der Waals surface area contributed by atoms with Crippen LogP contribution in [0.25, 0.3) is 0 Å². The fourth-order valence-corrected chi connectivity index (χ4v) is 2.71. The largest absolute Gasteiger partial charge is 0.495 e. The summed E-state index contributed by atoms with van der Waals surface area (Å²) in [6, 6.07) is 15.6. The summed E-state index contributed by atoms with van der Waals surface area (Å²) < 4.78 is 21.2. The molecule has 0 aliphatic carbocycles. The van der Waals surface area contributed by atoms with Gasteiger partial charge in [0.25, 0.3) is 5.91 Å². The van der Waals surface area contributed by atoms with E-state index in [1.807, 2.05) is 30.3 Å². The minimum Gasteiger partial charge on any atom is -0.495 e. The van der Waals surface area contributed by atoms with Crippen LogP contribution in [0.1, 0.15) is 21.9 Å². The molecule has 0 aliphatic heterocycles. The number of amides is 1. The second kappa shape index (κ2) is 9.84. The number of anilines is 1. The summed E-state index contributed by atoms with van der Waals surface area (Å²) in [6.07, 6.45) is 0. The van der Waals surface area contributed by atoms with Crippen LogP contribution in [-0.4, -0.2) is 25.6 Å². The van der Waals surface area contributed by atoms with E-state index < -0.39 is 18.5 Å². The summed E-state index contributed by atoms with van der Waals surface area (Å²) in [6.45, 7) is 1.47. The van der Waals surface area contributed by atoms with Crippen molar-refractivity contribution in [1.82, 2.24) is 0 Å². The van der Waals surface area contributed by atoms with Crippen molar-refractivity contribution in [3.05, 3.63) is 76.7 Å². The maximum atomic E-state index is 12.1. The van der Waals surface area contributed by atoms with Gasteiger partial charge < -0.3 is 23.9 Å². The summed E-state index contributed by atoms with van der Waals surface area (Å²) in [5.41, 5.74) is 1.20. The average Bonchev–Trinajstić information content (AvgIpc) is 3.23. The lowest BCUT2D eigenvalue weighted by Gasteiger charge is -2.12. The zero-order valence-corrected chi connectivity index (χ0v) is 17.2. The normalized spacial score (nSPS) is 10.4. The van der Waals surface area contributed by atoms with Crippen molar-refractivity contribution in [3.8, 4) is 11.5 Å². The van der Waals surface area contributed by atoms with Crippen molar-refractivity contribution in [2.24, 2.45) is 0 Å². The van der Waals surface area contributed by atoms with E-state index >= 15 is 0 Å². The molecule has 3 rings (SSSR count). The topological polar surface area (TPSA) is 87.0 Å². The Balaban J connectivity index is 1.51. The minimum atomic E-state index is -0.754. The molecule has 2 aromatic carbocycles. The summed E-state index contributed by atoms with van der Waals surface area (Å²) in [5, 5.41) is 3.14. The molecule has 1 aromatic heterocycles. The van der Waals surface area contributed by atoms with Gasteiger partial charge in [-0.1, -0.05) is 29.8 Å². The Kier molecular flexibility index (Phi) is 6.98. The number of furan rings is 1. The molecule has 0 saturated heterocycles. The third-order valence-corrected chi connectivity index (χ3v) is 4.48. The maximum Gasteiger partial charge on any atom is 0.374 e. The number of carbonyl (C=O) groups is 2. The van der Waals surface area contributed by atoms with Gasteiger partial charge in [0.2, 0.25) is 5.76 Å². The van der Waals surface area contributed by atoms with Crippen molar-refractivity contribution >= 4 is 29.2 Å². The van der Waals surface area contributed by atoms with Crippen molar-refractivity contribution in [2.75, 3.05) is 19.0 Å². The number of esters is 1. The molecule has 8 heteroatoms. The number of hydrogen-bond donors (Lipinski definition) is 1. The number of methoxy groups -OCH3 is 1. The van der Waals surface area contributed by atoms with E-state index in [1.54, 1.807) is 25.1 Å². The Morgan fingerprint density at radius 3 is 2.60 bits per heavy atom. The van der Waals surface area contributed by atoms with Crippen LogP contribution >= 0.6 is 11.6 Å². The van der Waals surface area contributed by atoms with E-state index in [0.717, 1.165) is 5.56 Å². The van der Waals surface area contributed by atoms with Crippen LogP contribution in [0.15, 0.2) is 59.0 Å². The Bertz CT molecular complexity index is 1030. The van der Waals surface area contributed by atoms with Gasteiger partial charge in [0.05, 0.1) is 12.8 Å². The van der Waals surface area contributed by atoms with Gasteiger partial charge in [-0.25, -0.2) is 4.79 Å². The number of hydrogen-bond acceptors (Lipinski definition) is 6. The first-order valence-electron chi connectivity index (χ1n) is 9.04. The Morgan fingerprint density at radius 1 is 1.10 bits per heavy atom. The summed E-state index contributed by atoms with van der Waals surface area (Å²) >= 11 is 6.05. The van der Waals surface area contributed by atoms with Crippen molar-refractivity contribution in [2.45, 2.75) is 13.5 Å². The SMILES string of the molecule is COc1cc(Cl)c(C)cc1NC(=O)COC(=O)c1ccc(COc2ccccc2)o1. The summed E-state index contributed by atoms with van der Waals surface area (Å²) in [7, 11) is 1.46. The van der Waals surface area contributed by atoms with E-state index in [-0.39, 0.29) is 12.4 Å². The van der Waals surface area contributed by atoms with Crippen molar-refractivity contribution < 1.29 is 28.2 Å². The van der Waals surface area contributed by atoms with Crippen LogP contribution in [0.4, 0.5) is 5.69 Å². The van der Waals surface area contributed by atoms with Gasteiger partial charge in [0, 0.05) is 11.1 Å². The number of ether oxygens (including phenoxy) is 3. The van der Waals surface area contributed by atoms with E-state index in [4.69, 9.17) is 30.2 Å². The van der Waals surface area contributed by atoms with Crippen molar-refractivity contribution in [3.63, 3.8) is 0 Å². The first-order valence-corrected chi connectivity index (χ1v) is 9.41. The molecule has 0 radical (unpaired) electrons. The molecule has 1 heterocycles. The lowest BCUT2D eigenvalue weighted by molar-refractivity contribution is -0.119. The van der Waals surface area contributed by atoms with E-state index in [0.29, 0.717) is 28.0 Å². The Labute approximate surface area is 178 Å². The molecule has 0 bridgehead atoms. The molecule has 156 valence electrons. The summed E-state index contributed by atoms with van der Waals surface area (Å²) in [4.78, 5) is 24.3. The molecule has 0 spiro atoms. The van der Waals surface area contributed by atoms with Gasteiger partial charge in [-0.05, 0) is 42.8 Å². The van der Waals surface area contributed by atoms with Crippen LogP contribution in [-0.2, 0) is 16.1 Å². The standard InChI is InChI=1S/C22H20ClNO6/c1-14-10-18(20(27-2)11-17(14)23)24-21(25)13-29-22(26)19-9-8-16(30-19)12-28-15-6-4-3-5-7-15/h3-11H,12-13H2,1-2H3,(H,24,25). The first-order chi connectivity index (χ1) is 14.5. The molecule has 3 aromatic rings. The second-order valence-corrected chi connectivity index (χ2v) is 6.70. The first kappa shape index (κ1) is 21.3. The molecule has 0 fully saturated rings. The number of rotatable bonds is 8. The lowest BCUT2D eigenvalue weighted by Crippen LogP contribution is -2.21. The number of carbonyl (C=O) groups excluding carboxylic acids is 2.